The molecule has 0 fully saturated rings. The van der Waals surface area contributed by atoms with Gasteiger partial charge in [0, 0.05) is 13.1 Å². The first-order valence-corrected chi connectivity index (χ1v) is 4.24. The van der Waals surface area contributed by atoms with Crippen molar-refractivity contribution in [2.75, 3.05) is 19.6 Å². The fraction of sp³-hybridized carbons (Fsp3) is 0.750. The van der Waals surface area contributed by atoms with Crippen LogP contribution in [0.1, 0.15) is 13.8 Å². The van der Waals surface area contributed by atoms with Crippen molar-refractivity contribution in [2.45, 2.75) is 20.0 Å². The van der Waals surface area contributed by atoms with Crippen LogP contribution in [-0.2, 0) is 9.59 Å². The molecule has 0 bridgehead atoms. The molecule has 0 heterocycles. The summed E-state index contributed by atoms with van der Waals surface area (Å²) in [7, 11) is 0. The minimum Gasteiger partial charge on any atom is -0.340 e. The number of rotatable bonds is 5. The zero-order valence-corrected chi connectivity index (χ0v) is 7.92. The Morgan fingerprint density at radius 2 is 1.85 bits per heavy atom. The van der Waals surface area contributed by atoms with E-state index in [4.69, 9.17) is 5.73 Å². The summed E-state index contributed by atoms with van der Waals surface area (Å²) in [5.41, 5.74) is 4.93. The molecule has 76 valence electrons. The number of carbonyl (C=O) groups is 2. The molecule has 5 heteroatoms. The number of hydrogen-bond acceptors (Lipinski definition) is 3. The molecule has 0 aromatic carbocycles. The Balaban J connectivity index is 4.31. The van der Waals surface area contributed by atoms with Gasteiger partial charge in [-0.3, -0.25) is 9.59 Å². The zero-order chi connectivity index (χ0) is 10.4. The van der Waals surface area contributed by atoms with Crippen LogP contribution in [0.25, 0.3) is 0 Å². The number of nitrogens with zero attached hydrogens (tertiary/aromatic N) is 1. The van der Waals surface area contributed by atoms with Crippen molar-refractivity contribution in [1.82, 2.24) is 4.90 Å². The van der Waals surface area contributed by atoms with Crippen molar-refractivity contribution in [3.05, 3.63) is 0 Å². The number of Topliss-reactive ketones (excluding diaryl/α,β-unsaturated/α-hetero) is 1. The van der Waals surface area contributed by atoms with Gasteiger partial charge >= 0.3 is 0 Å². The molecule has 0 saturated heterocycles. The molecule has 0 radical (unpaired) electrons. The Morgan fingerprint density at radius 3 is 2.15 bits per heavy atom. The SMILES string of the molecule is CCN(CC)C(=O)C(F)C(=O)CN. The Labute approximate surface area is 76.9 Å². The number of hydrogen-bond donors (Lipinski definition) is 1. The molecule has 4 nitrogen and oxygen atoms in total. The highest BCUT2D eigenvalue weighted by molar-refractivity contribution is 6.04. The average molecular weight is 190 g/mol. The lowest BCUT2D eigenvalue weighted by Gasteiger charge is -2.19. The Morgan fingerprint density at radius 1 is 1.38 bits per heavy atom. The molecule has 0 aliphatic heterocycles. The van der Waals surface area contributed by atoms with E-state index in [-0.39, 0.29) is 0 Å². The van der Waals surface area contributed by atoms with Gasteiger partial charge in [-0.1, -0.05) is 0 Å². The van der Waals surface area contributed by atoms with Crippen molar-refractivity contribution in [1.29, 1.82) is 0 Å². The molecular formula is C8H15FN2O2. The fourth-order valence-electron chi connectivity index (χ4n) is 0.937. The van der Waals surface area contributed by atoms with Crippen LogP contribution in [0.5, 0.6) is 0 Å². The van der Waals surface area contributed by atoms with Crippen LogP contribution >= 0.6 is 0 Å². The quantitative estimate of drug-likeness (QED) is 0.606. The molecule has 0 aliphatic carbocycles. The number of halogens is 1. The molecule has 1 amide bonds. The second kappa shape index (κ2) is 5.64. The first kappa shape index (κ1) is 12.0. The van der Waals surface area contributed by atoms with E-state index in [1.165, 1.54) is 4.90 Å². The van der Waals surface area contributed by atoms with Gasteiger partial charge in [-0.05, 0) is 13.8 Å². The first-order valence-electron chi connectivity index (χ1n) is 4.24. The minimum absolute atomic E-state index is 0.396. The number of alkyl halides is 1. The van der Waals surface area contributed by atoms with Gasteiger partial charge in [-0.15, -0.1) is 0 Å². The van der Waals surface area contributed by atoms with Gasteiger partial charge in [0.25, 0.3) is 5.91 Å². The normalized spacial score (nSPS) is 12.3. The third kappa shape index (κ3) is 3.10. The van der Waals surface area contributed by atoms with Crippen LogP contribution < -0.4 is 5.73 Å². The smallest absolute Gasteiger partial charge is 0.264 e. The van der Waals surface area contributed by atoms with Crippen molar-refractivity contribution in [2.24, 2.45) is 5.73 Å². The monoisotopic (exact) mass is 190 g/mol. The van der Waals surface area contributed by atoms with Crippen LogP contribution in [0.4, 0.5) is 4.39 Å². The molecule has 1 unspecified atom stereocenters. The standard InChI is InChI=1S/C8H15FN2O2/c1-3-11(4-2)8(13)7(9)6(12)5-10/h7H,3-5,10H2,1-2H3. The fourth-order valence-corrected chi connectivity index (χ4v) is 0.937. The summed E-state index contributed by atoms with van der Waals surface area (Å²) < 4.78 is 13.0. The summed E-state index contributed by atoms with van der Waals surface area (Å²) in [5, 5.41) is 0. The van der Waals surface area contributed by atoms with Crippen LogP contribution in [-0.4, -0.2) is 42.4 Å². The number of ketones is 1. The maximum absolute atomic E-state index is 13.0. The van der Waals surface area contributed by atoms with E-state index in [2.05, 4.69) is 0 Å². The summed E-state index contributed by atoms with van der Waals surface area (Å²) in [6.45, 7) is 3.80. The number of carbonyl (C=O) groups excluding carboxylic acids is 2. The van der Waals surface area contributed by atoms with Gasteiger partial charge in [0.2, 0.25) is 6.17 Å². The van der Waals surface area contributed by atoms with E-state index in [0.717, 1.165) is 0 Å². The maximum atomic E-state index is 13.0. The van der Waals surface area contributed by atoms with Gasteiger partial charge in [-0.25, -0.2) is 4.39 Å². The predicted octanol–water partition coefficient (Wildman–Crippen LogP) is -0.279. The maximum Gasteiger partial charge on any atom is 0.264 e. The van der Waals surface area contributed by atoms with Crippen molar-refractivity contribution >= 4 is 11.7 Å². The van der Waals surface area contributed by atoms with Gasteiger partial charge in [0.05, 0.1) is 6.54 Å². The molecule has 2 N–H and O–H groups in total. The molecule has 0 aromatic rings. The second-order valence-electron chi connectivity index (χ2n) is 2.54. The van der Waals surface area contributed by atoms with Gasteiger partial charge in [-0.2, -0.15) is 0 Å². The van der Waals surface area contributed by atoms with Crippen molar-refractivity contribution in [3.63, 3.8) is 0 Å². The molecule has 0 spiro atoms. The topological polar surface area (TPSA) is 63.4 Å². The van der Waals surface area contributed by atoms with Crippen molar-refractivity contribution in [3.8, 4) is 0 Å². The lowest BCUT2D eigenvalue weighted by Crippen LogP contribution is -2.42. The summed E-state index contributed by atoms with van der Waals surface area (Å²) >= 11 is 0. The second-order valence-corrected chi connectivity index (χ2v) is 2.54. The lowest BCUT2D eigenvalue weighted by atomic mass is 10.2. The molecule has 0 rings (SSSR count). The summed E-state index contributed by atoms with van der Waals surface area (Å²) in [4.78, 5) is 23.2. The van der Waals surface area contributed by atoms with E-state index in [0.29, 0.717) is 13.1 Å². The first-order chi connectivity index (χ1) is 6.08. The molecule has 0 aromatic heterocycles. The molecule has 13 heavy (non-hydrogen) atoms. The molecular weight excluding hydrogens is 175 g/mol. The van der Waals surface area contributed by atoms with E-state index in [1.807, 2.05) is 0 Å². The van der Waals surface area contributed by atoms with E-state index < -0.39 is 24.4 Å². The van der Waals surface area contributed by atoms with Crippen LogP contribution in [0, 0.1) is 0 Å². The summed E-state index contributed by atoms with van der Waals surface area (Å²) in [5.74, 6) is -1.66. The predicted molar refractivity (Wildman–Crippen MR) is 46.9 cm³/mol. The third-order valence-corrected chi connectivity index (χ3v) is 1.78. The molecule has 0 saturated carbocycles. The Hall–Kier alpha value is -0.970. The number of nitrogens with two attached hydrogens (primary N) is 1. The highest BCUT2D eigenvalue weighted by Crippen LogP contribution is 2.00. The number of amides is 1. The molecule has 0 aliphatic rings. The van der Waals surface area contributed by atoms with Crippen LogP contribution in [0.15, 0.2) is 0 Å². The highest BCUT2D eigenvalue weighted by atomic mass is 19.1. The lowest BCUT2D eigenvalue weighted by molar-refractivity contribution is -0.141. The minimum atomic E-state index is -2.09. The zero-order valence-electron chi connectivity index (χ0n) is 7.92. The van der Waals surface area contributed by atoms with E-state index in [9.17, 15) is 14.0 Å². The van der Waals surface area contributed by atoms with E-state index in [1.54, 1.807) is 13.8 Å². The third-order valence-electron chi connectivity index (χ3n) is 1.78. The van der Waals surface area contributed by atoms with Crippen LogP contribution in [0.2, 0.25) is 0 Å². The van der Waals surface area contributed by atoms with E-state index >= 15 is 0 Å². The summed E-state index contributed by atoms with van der Waals surface area (Å²) in [6, 6.07) is 0. The Bertz CT molecular complexity index is 193. The van der Waals surface area contributed by atoms with Crippen molar-refractivity contribution < 1.29 is 14.0 Å². The highest BCUT2D eigenvalue weighted by Gasteiger charge is 2.27. The van der Waals surface area contributed by atoms with Gasteiger partial charge in [0.1, 0.15) is 0 Å². The Kier molecular flexibility index (Phi) is 5.22. The van der Waals surface area contributed by atoms with Gasteiger partial charge in [0.15, 0.2) is 5.78 Å². The average Bonchev–Trinajstić information content (AvgIpc) is 2.17. The molecule has 1 atom stereocenters. The largest absolute Gasteiger partial charge is 0.340 e. The summed E-state index contributed by atoms with van der Waals surface area (Å²) in [6.07, 6.45) is -2.09. The van der Waals surface area contributed by atoms with Gasteiger partial charge < -0.3 is 10.6 Å². The van der Waals surface area contributed by atoms with Crippen LogP contribution in [0.3, 0.4) is 0 Å².